The van der Waals surface area contributed by atoms with Gasteiger partial charge in [-0.1, -0.05) is 26.0 Å². The molecule has 2 rings (SSSR count). The number of thiocarbonyl (C=S) groups is 1. The average Bonchev–Trinajstić information content (AvgIpc) is 2.47. The van der Waals surface area contributed by atoms with E-state index in [4.69, 9.17) is 12.2 Å². The Kier molecular flexibility index (Phi) is 5.72. The third-order valence-electron chi connectivity index (χ3n) is 2.98. The van der Waals surface area contributed by atoms with Crippen LogP contribution in [0.1, 0.15) is 19.4 Å². The van der Waals surface area contributed by atoms with Crippen molar-refractivity contribution in [2.75, 3.05) is 17.2 Å². The first-order valence-corrected chi connectivity index (χ1v) is 7.78. The predicted octanol–water partition coefficient (Wildman–Crippen LogP) is 4.08. The van der Waals surface area contributed by atoms with Gasteiger partial charge >= 0.3 is 0 Å². The number of benzene rings is 1. The SMILES string of the molecule is Cc1cccc(Nc2ccc(NC(=S)NCC(C)C)cn2)c1. The third kappa shape index (κ3) is 5.33. The van der Waals surface area contributed by atoms with Gasteiger partial charge in [-0.05, 0) is 54.9 Å². The fraction of sp³-hybridized carbons (Fsp3) is 0.294. The lowest BCUT2D eigenvalue weighted by Crippen LogP contribution is -2.31. The molecule has 4 nitrogen and oxygen atoms in total. The highest BCUT2D eigenvalue weighted by molar-refractivity contribution is 7.80. The van der Waals surface area contributed by atoms with E-state index in [0.717, 1.165) is 23.7 Å². The summed E-state index contributed by atoms with van der Waals surface area (Å²) in [4.78, 5) is 4.39. The van der Waals surface area contributed by atoms with E-state index in [1.165, 1.54) is 5.56 Å². The minimum atomic E-state index is 0.554. The summed E-state index contributed by atoms with van der Waals surface area (Å²) in [6.45, 7) is 7.20. The number of nitrogens with zero attached hydrogens (tertiary/aromatic N) is 1. The van der Waals surface area contributed by atoms with Gasteiger partial charge in [0.25, 0.3) is 0 Å². The highest BCUT2D eigenvalue weighted by Gasteiger charge is 2.01. The number of aromatic nitrogens is 1. The summed E-state index contributed by atoms with van der Waals surface area (Å²) in [5.74, 6) is 1.36. The smallest absolute Gasteiger partial charge is 0.170 e. The molecule has 0 saturated carbocycles. The summed E-state index contributed by atoms with van der Waals surface area (Å²) in [5, 5.41) is 10.2. The van der Waals surface area contributed by atoms with Crippen LogP contribution in [0.5, 0.6) is 0 Å². The molecule has 0 fully saturated rings. The van der Waals surface area contributed by atoms with Crippen molar-refractivity contribution in [1.29, 1.82) is 0 Å². The number of anilines is 3. The molecule has 0 bridgehead atoms. The van der Waals surface area contributed by atoms with Gasteiger partial charge in [-0.15, -0.1) is 0 Å². The molecule has 0 radical (unpaired) electrons. The van der Waals surface area contributed by atoms with Crippen molar-refractivity contribution in [3.05, 3.63) is 48.2 Å². The molecule has 1 aromatic carbocycles. The van der Waals surface area contributed by atoms with Gasteiger partial charge < -0.3 is 16.0 Å². The molecule has 0 atom stereocenters. The maximum Gasteiger partial charge on any atom is 0.170 e. The van der Waals surface area contributed by atoms with E-state index in [-0.39, 0.29) is 0 Å². The number of nitrogens with one attached hydrogen (secondary N) is 3. The minimum absolute atomic E-state index is 0.554. The average molecular weight is 314 g/mol. The first-order chi connectivity index (χ1) is 10.5. The number of pyridine rings is 1. The molecular weight excluding hydrogens is 292 g/mol. The predicted molar refractivity (Wildman–Crippen MR) is 97.8 cm³/mol. The summed E-state index contributed by atoms with van der Waals surface area (Å²) in [7, 11) is 0. The Morgan fingerprint density at radius 3 is 2.64 bits per heavy atom. The highest BCUT2D eigenvalue weighted by atomic mass is 32.1. The summed E-state index contributed by atoms with van der Waals surface area (Å²) >= 11 is 5.24. The maximum absolute atomic E-state index is 5.24. The highest BCUT2D eigenvalue weighted by Crippen LogP contribution is 2.17. The largest absolute Gasteiger partial charge is 0.362 e. The van der Waals surface area contributed by atoms with Gasteiger partial charge in [-0.3, -0.25) is 0 Å². The van der Waals surface area contributed by atoms with Crippen LogP contribution in [0.4, 0.5) is 17.2 Å². The Hall–Kier alpha value is -2.14. The van der Waals surface area contributed by atoms with E-state index in [1.54, 1.807) is 6.20 Å². The molecule has 1 aromatic heterocycles. The van der Waals surface area contributed by atoms with Crippen molar-refractivity contribution in [1.82, 2.24) is 10.3 Å². The summed E-state index contributed by atoms with van der Waals surface area (Å²) in [6, 6.07) is 12.1. The molecule has 0 saturated heterocycles. The molecule has 116 valence electrons. The van der Waals surface area contributed by atoms with Crippen LogP contribution in [0.15, 0.2) is 42.6 Å². The van der Waals surface area contributed by atoms with Crippen LogP contribution >= 0.6 is 12.2 Å². The Labute approximate surface area is 137 Å². The Bertz CT molecular complexity index is 623. The topological polar surface area (TPSA) is 49.0 Å². The van der Waals surface area contributed by atoms with E-state index in [2.05, 4.69) is 53.8 Å². The molecule has 5 heteroatoms. The minimum Gasteiger partial charge on any atom is -0.362 e. The van der Waals surface area contributed by atoms with Gasteiger partial charge in [0.2, 0.25) is 0 Å². The quantitative estimate of drug-likeness (QED) is 0.726. The van der Waals surface area contributed by atoms with Crippen LogP contribution in [0.25, 0.3) is 0 Å². The summed E-state index contributed by atoms with van der Waals surface area (Å²) in [5.41, 5.74) is 3.11. The van der Waals surface area contributed by atoms with Gasteiger partial charge in [0.05, 0.1) is 11.9 Å². The van der Waals surface area contributed by atoms with Crippen LogP contribution < -0.4 is 16.0 Å². The van der Waals surface area contributed by atoms with Crippen molar-refractivity contribution >= 4 is 34.5 Å². The molecular formula is C17H22N4S. The van der Waals surface area contributed by atoms with E-state index >= 15 is 0 Å². The molecule has 0 unspecified atom stereocenters. The van der Waals surface area contributed by atoms with Gasteiger partial charge in [0.15, 0.2) is 5.11 Å². The Morgan fingerprint density at radius 2 is 2.00 bits per heavy atom. The molecule has 0 aliphatic carbocycles. The molecule has 0 aliphatic rings. The second-order valence-electron chi connectivity index (χ2n) is 5.66. The standard InChI is InChI=1S/C17H22N4S/c1-12(2)10-19-17(22)21-15-7-8-16(18-11-15)20-14-6-4-5-13(3)9-14/h4-9,11-12H,10H2,1-3H3,(H,18,20)(H2,19,21,22). The summed E-state index contributed by atoms with van der Waals surface area (Å²) < 4.78 is 0. The first kappa shape index (κ1) is 16.2. The molecule has 0 spiro atoms. The maximum atomic E-state index is 5.24. The normalized spacial score (nSPS) is 10.4. The lowest BCUT2D eigenvalue weighted by molar-refractivity contribution is 0.627. The van der Waals surface area contributed by atoms with Crippen LogP contribution in [0.3, 0.4) is 0 Å². The molecule has 0 amide bonds. The van der Waals surface area contributed by atoms with E-state index in [0.29, 0.717) is 11.0 Å². The molecule has 22 heavy (non-hydrogen) atoms. The molecule has 3 N–H and O–H groups in total. The second kappa shape index (κ2) is 7.75. The van der Waals surface area contributed by atoms with Crippen molar-refractivity contribution in [3.8, 4) is 0 Å². The van der Waals surface area contributed by atoms with Crippen molar-refractivity contribution in [2.24, 2.45) is 5.92 Å². The van der Waals surface area contributed by atoms with Gasteiger partial charge in [-0.2, -0.15) is 0 Å². The Balaban J connectivity index is 1.91. The Morgan fingerprint density at radius 1 is 1.18 bits per heavy atom. The monoisotopic (exact) mass is 314 g/mol. The number of aryl methyl sites for hydroxylation is 1. The lowest BCUT2D eigenvalue weighted by atomic mass is 10.2. The zero-order chi connectivity index (χ0) is 15.9. The van der Waals surface area contributed by atoms with Crippen molar-refractivity contribution in [3.63, 3.8) is 0 Å². The second-order valence-corrected chi connectivity index (χ2v) is 6.06. The first-order valence-electron chi connectivity index (χ1n) is 7.37. The number of rotatable bonds is 5. The van der Waals surface area contributed by atoms with Crippen LogP contribution in [0.2, 0.25) is 0 Å². The van der Waals surface area contributed by atoms with Gasteiger partial charge in [0, 0.05) is 12.2 Å². The van der Waals surface area contributed by atoms with Gasteiger partial charge in [0.1, 0.15) is 5.82 Å². The lowest BCUT2D eigenvalue weighted by Gasteiger charge is -2.12. The number of hydrogen-bond acceptors (Lipinski definition) is 3. The van der Waals surface area contributed by atoms with Crippen LogP contribution in [-0.4, -0.2) is 16.6 Å². The van der Waals surface area contributed by atoms with E-state index in [1.807, 2.05) is 24.3 Å². The number of hydrogen-bond donors (Lipinski definition) is 3. The third-order valence-corrected chi connectivity index (χ3v) is 3.23. The fourth-order valence-electron chi connectivity index (χ4n) is 1.88. The van der Waals surface area contributed by atoms with E-state index in [9.17, 15) is 0 Å². The molecule has 0 aliphatic heterocycles. The zero-order valence-electron chi connectivity index (χ0n) is 13.2. The van der Waals surface area contributed by atoms with Crippen LogP contribution in [0, 0.1) is 12.8 Å². The molecule has 1 heterocycles. The molecule has 2 aromatic rings. The van der Waals surface area contributed by atoms with E-state index < -0.39 is 0 Å². The van der Waals surface area contributed by atoms with Crippen molar-refractivity contribution < 1.29 is 0 Å². The fourth-order valence-corrected chi connectivity index (χ4v) is 2.09. The van der Waals surface area contributed by atoms with Crippen molar-refractivity contribution in [2.45, 2.75) is 20.8 Å². The van der Waals surface area contributed by atoms with Gasteiger partial charge in [-0.25, -0.2) is 4.98 Å². The van der Waals surface area contributed by atoms with Crippen LogP contribution in [-0.2, 0) is 0 Å². The zero-order valence-corrected chi connectivity index (χ0v) is 14.0. The summed E-state index contributed by atoms with van der Waals surface area (Å²) in [6.07, 6.45) is 1.77.